The molecule has 3 aromatic carbocycles. The van der Waals surface area contributed by atoms with Gasteiger partial charge in [0.15, 0.2) is 17.3 Å². The van der Waals surface area contributed by atoms with E-state index in [0.29, 0.717) is 45.6 Å². The number of carbonyl (C=O) groups excluding carboxylic acids is 1. The van der Waals surface area contributed by atoms with Gasteiger partial charge in [0.05, 0.1) is 40.3 Å². The van der Waals surface area contributed by atoms with Gasteiger partial charge in [0.2, 0.25) is 5.75 Å². The zero-order valence-corrected chi connectivity index (χ0v) is 20.3. The fourth-order valence-corrected chi connectivity index (χ4v) is 3.65. The number of anilines is 1. The van der Waals surface area contributed by atoms with E-state index in [1.165, 1.54) is 14.2 Å². The molecule has 9 heteroatoms. The molecule has 0 aliphatic heterocycles. The minimum atomic E-state index is -0.617. The first-order valence-corrected chi connectivity index (χ1v) is 10.9. The molecule has 1 heterocycles. The first-order chi connectivity index (χ1) is 17.6. The summed E-state index contributed by atoms with van der Waals surface area (Å²) in [5.41, 5.74) is 3.36. The number of methoxy groups -OCH3 is 4. The predicted octanol–water partition coefficient (Wildman–Crippen LogP) is 5.59. The highest BCUT2D eigenvalue weighted by Gasteiger charge is 2.20. The van der Waals surface area contributed by atoms with Crippen LogP contribution in [0.3, 0.4) is 0 Å². The second-order valence-corrected chi connectivity index (χ2v) is 7.51. The van der Waals surface area contributed by atoms with Crippen LogP contribution in [-0.4, -0.2) is 39.7 Å². The molecule has 1 aromatic heterocycles. The summed E-state index contributed by atoms with van der Waals surface area (Å²) in [4.78, 5) is 12.5. The zero-order chi connectivity index (χ0) is 25.5. The molecule has 0 aliphatic carbocycles. The van der Waals surface area contributed by atoms with E-state index in [4.69, 9.17) is 28.2 Å². The maximum absolute atomic E-state index is 12.5. The Morgan fingerprint density at radius 3 is 2.22 bits per heavy atom. The number of ether oxygens (including phenoxy) is 5. The molecule has 0 bridgehead atoms. The highest BCUT2D eigenvalue weighted by molar-refractivity contribution is 5.90. The van der Waals surface area contributed by atoms with Crippen molar-refractivity contribution >= 4 is 11.8 Å². The smallest absolute Gasteiger partial charge is 0.412 e. The number of nitrogens with zero attached hydrogens (tertiary/aromatic N) is 1. The van der Waals surface area contributed by atoms with E-state index in [1.54, 1.807) is 56.8 Å². The number of aromatic nitrogens is 1. The summed E-state index contributed by atoms with van der Waals surface area (Å²) < 4.78 is 32.7. The van der Waals surface area contributed by atoms with Crippen molar-refractivity contribution in [3.8, 4) is 45.4 Å². The Kier molecular flexibility index (Phi) is 7.60. The van der Waals surface area contributed by atoms with Crippen molar-refractivity contribution in [3.63, 3.8) is 0 Å². The quantitative estimate of drug-likeness (QED) is 0.325. The van der Waals surface area contributed by atoms with Crippen LogP contribution in [-0.2, 0) is 11.3 Å². The number of benzene rings is 3. The summed E-state index contributed by atoms with van der Waals surface area (Å²) in [6.45, 7) is 0.124. The normalized spacial score (nSPS) is 10.4. The van der Waals surface area contributed by atoms with Crippen LogP contribution >= 0.6 is 0 Å². The van der Waals surface area contributed by atoms with Crippen LogP contribution in [0.25, 0.3) is 22.5 Å². The van der Waals surface area contributed by atoms with Gasteiger partial charge in [-0.05, 0) is 41.5 Å². The van der Waals surface area contributed by atoms with Crippen molar-refractivity contribution in [1.29, 1.82) is 0 Å². The van der Waals surface area contributed by atoms with E-state index < -0.39 is 6.09 Å². The topological polar surface area (TPSA) is 101 Å². The summed E-state index contributed by atoms with van der Waals surface area (Å²) in [5, 5.41) is 6.73. The van der Waals surface area contributed by atoms with Gasteiger partial charge in [-0.15, -0.1) is 0 Å². The molecule has 4 aromatic rings. The predicted molar refractivity (Wildman–Crippen MR) is 133 cm³/mol. The Balaban J connectivity index is 1.63. The van der Waals surface area contributed by atoms with Crippen molar-refractivity contribution in [1.82, 2.24) is 5.16 Å². The van der Waals surface area contributed by atoms with Gasteiger partial charge in [-0.3, -0.25) is 5.32 Å². The molecule has 1 N–H and O–H groups in total. The summed E-state index contributed by atoms with van der Waals surface area (Å²) in [6.07, 6.45) is 0.975. The van der Waals surface area contributed by atoms with Gasteiger partial charge in [0.25, 0.3) is 0 Å². The van der Waals surface area contributed by atoms with Gasteiger partial charge in [-0.25, -0.2) is 4.79 Å². The lowest BCUT2D eigenvalue weighted by Crippen LogP contribution is -2.14. The molecule has 1 amide bonds. The Morgan fingerprint density at radius 2 is 1.58 bits per heavy atom. The van der Waals surface area contributed by atoms with Crippen molar-refractivity contribution in [2.75, 3.05) is 33.8 Å². The van der Waals surface area contributed by atoms with Gasteiger partial charge in [-0.1, -0.05) is 35.5 Å². The van der Waals surface area contributed by atoms with E-state index in [2.05, 4.69) is 16.5 Å². The third-order valence-electron chi connectivity index (χ3n) is 5.40. The minimum Gasteiger partial charge on any atom is -0.495 e. The molecule has 0 saturated carbocycles. The highest BCUT2D eigenvalue weighted by atomic mass is 16.5. The van der Waals surface area contributed by atoms with E-state index in [0.717, 1.165) is 11.1 Å². The van der Waals surface area contributed by atoms with E-state index in [9.17, 15) is 4.79 Å². The number of hydrogen-bond acceptors (Lipinski definition) is 8. The number of rotatable bonds is 9. The molecular formula is C27H25N2O7. The first-order valence-electron chi connectivity index (χ1n) is 10.9. The summed E-state index contributed by atoms with van der Waals surface area (Å²) in [6, 6.07) is 19.0. The molecule has 185 valence electrons. The maximum Gasteiger partial charge on any atom is 0.412 e. The third-order valence-corrected chi connectivity index (χ3v) is 5.40. The lowest BCUT2D eigenvalue weighted by molar-refractivity contribution is 0.155. The Labute approximate surface area is 208 Å². The second kappa shape index (κ2) is 11.2. The molecule has 9 nitrogen and oxygen atoms in total. The van der Waals surface area contributed by atoms with Crippen LogP contribution in [0.5, 0.6) is 23.0 Å². The van der Waals surface area contributed by atoms with Gasteiger partial charge in [0.1, 0.15) is 12.4 Å². The molecule has 36 heavy (non-hydrogen) atoms. The summed E-state index contributed by atoms with van der Waals surface area (Å²) >= 11 is 0. The van der Waals surface area contributed by atoms with Gasteiger partial charge in [-0.2, -0.15) is 0 Å². The lowest BCUT2D eigenvalue weighted by Gasteiger charge is -2.14. The Morgan fingerprint density at radius 1 is 0.889 bits per heavy atom. The van der Waals surface area contributed by atoms with Crippen LogP contribution in [0, 0.1) is 6.07 Å². The fourth-order valence-electron chi connectivity index (χ4n) is 3.65. The first kappa shape index (κ1) is 24.5. The van der Waals surface area contributed by atoms with E-state index >= 15 is 0 Å². The number of hydrogen-bond donors (Lipinski definition) is 1. The number of amides is 1. The van der Waals surface area contributed by atoms with Crippen molar-refractivity contribution in [3.05, 3.63) is 72.4 Å². The van der Waals surface area contributed by atoms with Crippen molar-refractivity contribution in [2.45, 2.75) is 6.61 Å². The van der Waals surface area contributed by atoms with Crippen LogP contribution in [0.15, 0.2) is 65.3 Å². The number of carbonyl (C=O) groups is 1. The van der Waals surface area contributed by atoms with Crippen molar-refractivity contribution in [2.24, 2.45) is 0 Å². The van der Waals surface area contributed by atoms with Gasteiger partial charge in [0, 0.05) is 11.1 Å². The molecular weight excluding hydrogens is 464 g/mol. The Bertz CT molecular complexity index is 1310. The molecule has 0 atom stereocenters. The SMILES string of the molecule is COc1ccc(-c2cnoc2-c2cc(OC)c(OC)c(OC)c2)cc1NC(=O)OCc1cc[c]cc1. The summed E-state index contributed by atoms with van der Waals surface area (Å²) in [7, 11) is 6.14. The van der Waals surface area contributed by atoms with Crippen molar-refractivity contribution < 1.29 is 33.0 Å². The molecule has 0 unspecified atom stereocenters. The standard InChI is InChI=1S/C27H25N2O7/c1-31-22-11-10-18(12-21(22)29-27(30)35-16-17-8-6-5-7-9-17)20-15-28-36-25(20)19-13-23(32-2)26(34-4)24(14-19)33-3/h6-15H,16H2,1-4H3,(H,29,30). The molecule has 4 rings (SSSR count). The third kappa shape index (κ3) is 5.20. The summed E-state index contributed by atoms with van der Waals surface area (Å²) in [5.74, 6) is 2.37. The van der Waals surface area contributed by atoms with Crippen LogP contribution in [0.4, 0.5) is 10.5 Å². The molecule has 0 saturated heterocycles. The van der Waals surface area contributed by atoms with Crippen LogP contribution in [0.1, 0.15) is 5.56 Å². The molecule has 0 fully saturated rings. The Hall–Kier alpha value is -4.66. The lowest BCUT2D eigenvalue weighted by atomic mass is 10.0. The highest BCUT2D eigenvalue weighted by Crippen LogP contribution is 2.44. The largest absolute Gasteiger partial charge is 0.495 e. The fraction of sp³-hybridized carbons (Fsp3) is 0.185. The molecule has 1 radical (unpaired) electrons. The molecule has 0 spiro atoms. The number of nitrogens with one attached hydrogen (secondary N) is 1. The monoisotopic (exact) mass is 489 g/mol. The van der Waals surface area contributed by atoms with E-state index in [-0.39, 0.29) is 6.61 Å². The minimum absolute atomic E-state index is 0.124. The van der Waals surface area contributed by atoms with Crippen LogP contribution in [0.2, 0.25) is 0 Å². The maximum atomic E-state index is 12.5. The van der Waals surface area contributed by atoms with Gasteiger partial charge >= 0.3 is 6.09 Å². The van der Waals surface area contributed by atoms with Gasteiger partial charge < -0.3 is 28.2 Å². The average Bonchev–Trinajstić information content (AvgIpc) is 3.41. The second-order valence-electron chi connectivity index (χ2n) is 7.51. The zero-order valence-electron chi connectivity index (χ0n) is 20.3. The molecule has 0 aliphatic rings. The average molecular weight is 490 g/mol. The van der Waals surface area contributed by atoms with E-state index in [1.807, 2.05) is 18.2 Å². The van der Waals surface area contributed by atoms with Crippen LogP contribution < -0.4 is 24.3 Å².